The van der Waals surface area contributed by atoms with Crippen LogP contribution < -0.4 is 0 Å². The third kappa shape index (κ3) is 1.27. The second-order valence-corrected chi connectivity index (χ2v) is 5.66. The lowest BCUT2D eigenvalue weighted by Crippen LogP contribution is -2.22. The Kier molecular flexibility index (Phi) is 1.74. The normalized spacial score (nSPS) is 31.7. The van der Waals surface area contributed by atoms with Crippen molar-refractivity contribution in [3.05, 3.63) is 42.1 Å². The van der Waals surface area contributed by atoms with E-state index in [1.54, 1.807) is 0 Å². The van der Waals surface area contributed by atoms with Gasteiger partial charge in [-0.3, -0.25) is 4.98 Å². The van der Waals surface area contributed by atoms with Crippen LogP contribution in [-0.2, 0) is 5.41 Å². The molecule has 4 rings (SSSR count). The zero-order valence-corrected chi connectivity index (χ0v) is 10.1. The minimum absolute atomic E-state index is 0.471. The Hall–Kier alpha value is -1.41. The van der Waals surface area contributed by atoms with Crippen molar-refractivity contribution in [1.29, 1.82) is 0 Å². The highest BCUT2D eigenvalue weighted by Crippen LogP contribution is 2.58. The summed E-state index contributed by atoms with van der Waals surface area (Å²) >= 11 is 0. The lowest BCUT2D eigenvalue weighted by atomic mass is 9.94. The Morgan fingerprint density at radius 1 is 1.35 bits per heavy atom. The number of nitrogens with zero attached hydrogens (tertiary/aromatic N) is 2. The summed E-state index contributed by atoms with van der Waals surface area (Å²) in [5.74, 6) is 0.890. The summed E-state index contributed by atoms with van der Waals surface area (Å²) < 4.78 is 0. The topological polar surface area (TPSA) is 16.1 Å². The number of piperidine rings is 1. The Morgan fingerprint density at radius 2 is 2.29 bits per heavy atom. The van der Waals surface area contributed by atoms with Crippen LogP contribution in [0.2, 0.25) is 0 Å². The zero-order chi connectivity index (χ0) is 11.5. The summed E-state index contributed by atoms with van der Waals surface area (Å²) in [7, 11) is 2.23. The van der Waals surface area contributed by atoms with Crippen LogP contribution in [0, 0.1) is 5.92 Å². The van der Waals surface area contributed by atoms with Crippen molar-refractivity contribution in [2.45, 2.75) is 11.8 Å². The zero-order valence-electron chi connectivity index (χ0n) is 10.1. The number of hydrogen-bond donors (Lipinski definition) is 0. The molecule has 1 aromatic carbocycles. The summed E-state index contributed by atoms with van der Waals surface area (Å²) in [6.45, 7) is 2.49. The van der Waals surface area contributed by atoms with E-state index in [-0.39, 0.29) is 0 Å². The molecule has 86 valence electrons. The smallest absolute Gasteiger partial charge is 0.0702 e. The number of fused-ring (bicyclic) bond motifs is 2. The number of likely N-dealkylation sites (tertiary alicyclic amines) is 1. The molecule has 2 unspecified atom stereocenters. The van der Waals surface area contributed by atoms with Crippen molar-refractivity contribution in [3.8, 4) is 0 Å². The fraction of sp³-hybridized carbons (Fsp3) is 0.400. The van der Waals surface area contributed by atoms with Gasteiger partial charge in [-0.15, -0.1) is 0 Å². The number of rotatable bonds is 1. The lowest BCUT2D eigenvalue weighted by molar-refractivity contribution is 0.363. The van der Waals surface area contributed by atoms with Gasteiger partial charge in [0.05, 0.1) is 5.52 Å². The molecule has 0 spiro atoms. The molecule has 1 aromatic heterocycles. The Bertz CT molecular complexity index is 592. The van der Waals surface area contributed by atoms with Crippen molar-refractivity contribution >= 4 is 10.9 Å². The van der Waals surface area contributed by atoms with Crippen LogP contribution in [0.25, 0.3) is 10.9 Å². The van der Waals surface area contributed by atoms with Crippen molar-refractivity contribution in [2.75, 3.05) is 20.1 Å². The maximum atomic E-state index is 4.39. The number of aromatic nitrogens is 1. The van der Waals surface area contributed by atoms with E-state index in [2.05, 4.69) is 41.2 Å². The molecule has 2 aliphatic rings. The molecule has 0 radical (unpaired) electrons. The van der Waals surface area contributed by atoms with E-state index in [1.165, 1.54) is 30.5 Å². The average Bonchev–Trinajstić information content (AvgIpc) is 2.93. The Balaban J connectivity index is 1.82. The molecular formula is C15H16N2. The second kappa shape index (κ2) is 3.08. The maximum absolute atomic E-state index is 4.39. The molecule has 1 saturated heterocycles. The van der Waals surface area contributed by atoms with Gasteiger partial charge < -0.3 is 4.90 Å². The fourth-order valence-electron chi connectivity index (χ4n) is 3.57. The minimum Gasteiger partial charge on any atom is -0.305 e. The molecule has 17 heavy (non-hydrogen) atoms. The third-order valence-corrected chi connectivity index (χ3v) is 4.49. The van der Waals surface area contributed by atoms with E-state index < -0.39 is 0 Å². The van der Waals surface area contributed by atoms with Gasteiger partial charge in [-0.2, -0.15) is 0 Å². The summed E-state index contributed by atoms with van der Waals surface area (Å²) in [4.78, 5) is 6.85. The molecule has 2 heteroatoms. The van der Waals surface area contributed by atoms with Gasteiger partial charge in [0.25, 0.3) is 0 Å². The van der Waals surface area contributed by atoms with Crippen molar-refractivity contribution in [1.82, 2.24) is 9.88 Å². The molecule has 1 saturated carbocycles. The van der Waals surface area contributed by atoms with Crippen molar-refractivity contribution in [2.24, 2.45) is 5.92 Å². The SMILES string of the molecule is CN1CC2CC2(c2ccc3ncccc3c2)C1. The van der Waals surface area contributed by atoms with Crippen LogP contribution in [-0.4, -0.2) is 30.0 Å². The highest BCUT2D eigenvalue weighted by Gasteiger charge is 2.59. The molecule has 0 amide bonds. The first-order valence-electron chi connectivity index (χ1n) is 6.32. The fourth-order valence-corrected chi connectivity index (χ4v) is 3.57. The Labute approximate surface area is 101 Å². The maximum Gasteiger partial charge on any atom is 0.0702 e. The number of pyridine rings is 1. The first-order chi connectivity index (χ1) is 8.28. The molecule has 0 bridgehead atoms. The summed E-state index contributed by atoms with van der Waals surface area (Å²) in [5.41, 5.74) is 3.10. The Morgan fingerprint density at radius 3 is 3.12 bits per heavy atom. The highest BCUT2D eigenvalue weighted by molar-refractivity contribution is 5.79. The van der Waals surface area contributed by atoms with Gasteiger partial charge >= 0.3 is 0 Å². The van der Waals surface area contributed by atoms with Crippen LogP contribution >= 0.6 is 0 Å². The van der Waals surface area contributed by atoms with Gasteiger partial charge in [-0.05, 0) is 43.1 Å². The summed E-state index contributed by atoms with van der Waals surface area (Å²) in [6, 6.07) is 11.0. The van der Waals surface area contributed by atoms with Gasteiger partial charge in [0.15, 0.2) is 0 Å². The molecule has 2 heterocycles. The first-order valence-corrected chi connectivity index (χ1v) is 6.32. The van der Waals surface area contributed by atoms with Crippen LogP contribution in [0.5, 0.6) is 0 Å². The van der Waals surface area contributed by atoms with Crippen LogP contribution in [0.4, 0.5) is 0 Å². The van der Waals surface area contributed by atoms with Gasteiger partial charge in [0, 0.05) is 30.1 Å². The monoisotopic (exact) mass is 224 g/mol. The molecule has 1 aliphatic heterocycles. The van der Waals surface area contributed by atoms with E-state index in [4.69, 9.17) is 0 Å². The lowest BCUT2D eigenvalue weighted by Gasteiger charge is -2.16. The second-order valence-electron chi connectivity index (χ2n) is 5.66. The molecule has 2 atom stereocenters. The quantitative estimate of drug-likeness (QED) is 0.739. The molecular weight excluding hydrogens is 208 g/mol. The van der Waals surface area contributed by atoms with Gasteiger partial charge in [-0.25, -0.2) is 0 Å². The molecule has 2 nitrogen and oxygen atoms in total. The minimum atomic E-state index is 0.471. The predicted molar refractivity (Wildman–Crippen MR) is 69.0 cm³/mol. The van der Waals surface area contributed by atoms with Gasteiger partial charge in [0.2, 0.25) is 0 Å². The third-order valence-electron chi connectivity index (χ3n) is 4.49. The number of benzene rings is 1. The molecule has 2 fully saturated rings. The van der Waals surface area contributed by atoms with E-state index in [1.807, 2.05) is 12.3 Å². The van der Waals surface area contributed by atoms with E-state index in [0.717, 1.165) is 11.4 Å². The van der Waals surface area contributed by atoms with Gasteiger partial charge in [-0.1, -0.05) is 12.1 Å². The van der Waals surface area contributed by atoms with E-state index in [9.17, 15) is 0 Å². The predicted octanol–water partition coefficient (Wildman–Crippen LogP) is 2.44. The first kappa shape index (κ1) is 9.60. The number of likely N-dealkylation sites (N-methyl/N-ethyl adjacent to an activating group) is 1. The van der Waals surface area contributed by atoms with Crippen LogP contribution in [0.3, 0.4) is 0 Å². The van der Waals surface area contributed by atoms with E-state index in [0.29, 0.717) is 5.41 Å². The number of hydrogen-bond acceptors (Lipinski definition) is 2. The van der Waals surface area contributed by atoms with Gasteiger partial charge in [0.1, 0.15) is 0 Å². The molecule has 0 N–H and O–H groups in total. The standard InChI is InChI=1S/C15H16N2/c1-17-9-13-8-15(13,10-17)12-4-5-14-11(7-12)3-2-6-16-14/h2-7,13H,8-10H2,1H3. The highest BCUT2D eigenvalue weighted by atomic mass is 15.2. The van der Waals surface area contributed by atoms with Crippen molar-refractivity contribution < 1.29 is 0 Å². The molecule has 2 aromatic rings. The van der Waals surface area contributed by atoms with Crippen LogP contribution in [0.1, 0.15) is 12.0 Å². The average molecular weight is 224 g/mol. The van der Waals surface area contributed by atoms with Crippen LogP contribution in [0.15, 0.2) is 36.5 Å². The summed E-state index contributed by atoms with van der Waals surface area (Å²) in [5, 5.41) is 1.28. The largest absolute Gasteiger partial charge is 0.305 e. The van der Waals surface area contributed by atoms with E-state index >= 15 is 0 Å². The van der Waals surface area contributed by atoms with Crippen molar-refractivity contribution in [3.63, 3.8) is 0 Å². The summed E-state index contributed by atoms with van der Waals surface area (Å²) in [6.07, 6.45) is 3.24. The molecule has 1 aliphatic carbocycles.